The quantitative estimate of drug-likeness (QED) is 0.260. The highest BCUT2D eigenvalue weighted by molar-refractivity contribution is 5.81. The smallest absolute Gasteiger partial charge is 0.330 e. The van der Waals surface area contributed by atoms with E-state index < -0.39 is 5.97 Å². The molecule has 0 rings (SSSR count). The molecule has 0 bridgehead atoms. The lowest BCUT2D eigenvalue weighted by Gasteiger charge is -1.99. The second kappa shape index (κ2) is 9.84. The second-order valence-electron chi connectivity index (χ2n) is 2.78. The average molecular weight is 198 g/mol. The van der Waals surface area contributed by atoms with Gasteiger partial charge >= 0.3 is 5.97 Å². The van der Waals surface area contributed by atoms with Gasteiger partial charge in [0.05, 0.1) is 12.9 Å². The summed E-state index contributed by atoms with van der Waals surface area (Å²) in [6, 6.07) is 0. The van der Waals surface area contributed by atoms with E-state index in [0.717, 1.165) is 19.1 Å². The van der Waals surface area contributed by atoms with Gasteiger partial charge in [0, 0.05) is 6.08 Å². The monoisotopic (exact) mass is 198 g/mol. The lowest BCUT2D eigenvalue weighted by Crippen LogP contribution is -1.99. The molecule has 3 nitrogen and oxygen atoms in total. The minimum absolute atomic E-state index is 0.235. The Kier molecular flexibility index (Phi) is 8.96. The SMILES string of the molecule is C=CC(=O)OCC=COCCCCC. The fourth-order valence-corrected chi connectivity index (χ4v) is 0.800. The van der Waals surface area contributed by atoms with Crippen LogP contribution in [0, 0.1) is 0 Å². The number of carbonyl (C=O) groups excluding carboxylic acids is 1. The zero-order valence-electron chi connectivity index (χ0n) is 8.70. The molecule has 0 saturated heterocycles. The lowest BCUT2D eigenvalue weighted by molar-refractivity contribution is -0.136. The van der Waals surface area contributed by atoms with Crippen molar-refractivity contribution < 1.29 is 14.3 Å². The van der Waals surface area contributed by atoms with E-state index in [1.807, 2.05) is 0 Å². The zero-order chi connectivity index (χ0) is 10.6. The lowest BCUT2D eigenvalue weighted by atomic mass is 10.3. The molecule has 0 amide bonds. The van der Waals surface area contributed by atoms with Gasteiger partial charge in [0.15, 0.2) is 0 Å². The predicted molar refractivity (Wildman–Crippen MR) is 55.8 cm³/mol. The predicted octanol–water partition coefficient (Wildman–Crippen LogP) is 2.44. The maximum absolute atomic E-state index is 10.6. The van der Waals surface area contributed by atoms with Crippen LogP contribution in [0.2, 0.25) is 0 Å². The molecule has 0 aliphatic carbocycles. The van der Waals surface area contributed by atoms with Crippen LogP contribution in [0.3, 0.4) is 0 Å². The maximum Gasteiger partial charge on any atom is 0.330 e. The Morgan fingerprint density at radius 1 is 1.43 bits per heavy atom. The topological polar surface area (TPSA) is 35.5 Å². The van der Waals surface area contributed by atoms with Crippen LogP contribution in [0.25, 0.3) is 0 Å². The highest BCUT2D eigenvalue weighted by Gasteiger charge is 1.90. The van der Waals surface area contributed by atoms with E-state index in [4.69, 9.17) is 9.47 Å². The van der Waals surface area contributed by atoms with Crippen LogP contribution >= 0.6 is 0 Å². The Labute approximate surface area is 85.4 Å². The van der Waals surface area contributed by atoms with Crippen LogP contribution in [-0.4, -0.2) is 19.2 Å². The summed E-state index contributed by atoms with van der Waals surface area (Å²) in [5.41, 5.74) is 0. The fraction of sp³-hybridized carbons (Fsp3) is 0.545. The van der Waals surface area contributed by atoms with E-state index in [-0.39, 0.29) is 6.61 Å². The van der Waals surface area contributed by atoms with E-state index in [9.17, 15) is 4.79 Å². The van der Waals surface area contributed by atoms with Crippen LogP contribution in [0.5, 0.6) is 0 Å². The highest BCUT2D eigenvalue weighted by atomic mass is 16.5. The zero-order valence-corrected chi connectivity index (χ0v) is 8.70. The van der Waals surface area contributed by atoms with Crippen molar-refractivity contribution in [3.05, 3.63) is 25.0 Å². The van der Waals surface area contributed by atoms with Gasteiger partial charge in [-0.05, 0) is 12.5 Å². The van der Waals surface area contributed by atoms with E-state index >= 15 is 0 Å². The molecule has 3 heteroatoms. The summed E-state index contributed by atoms with van der Waals surface area (Å²) >= 11 is 0. The minimum Gasteiger partial charge on any atom is -0.501 e. The van der Waals surface area contributed by atoms with E-state index in [1.54, 1.807) is 12.3 Å². The van der Waals surface area contributed by atoms with E-state index in [2.05, 4.69) is 13.5 Å². The molecule has 0 aliphatic rings. The molecule has 14 heavy (non-hydrogen) atoms. The number of carbonyl (C=O) groups is 1. The molecule has 0 heterocycles. The molecule has 0 unspecified atom stereocenters. The van der Waals surface area contributed by atoms with Gasteiger partial charge in [-0.2, -0.15) is 0 Å². The van der Waals surface area contributed by atoms with Gasteiger partial charge in [0.1, 0.15) is 6.61 Å². The highest BCUT2D eigenvalue weighted by Crippen LogP contribution is 1.94. The molecule has 0 spiro atoms. The van der Waals surface area contributed by atoms with Crippen LogP contribution in [0.4, 0.5) is 0 Å². The first-order valence-corrected chi connectivity index (χ1v) is 4.87. The van der Waals surface area contributed by atoms with E-state index in [0.29, 0.717) is 0 Å². The van der Waals surface area contributed by atoms with Gasteiger partial charge in [-0.25, -0.2) is 4.79 Å². The third-order valence-electron chi connectivity index (χ3n) is 1.55. The minimum atomic E-state index is -0.416. The molecule has 0 aromatic rings. The summed E-state index contributed by atoms with van der Waals surface area (Å²) < 4.78 is 9.85. The Balaban J connectivity index is 3.19. The first-order valence-electron chi connectivity index (χ1n) is 4.87. The first-order chi connectivity index (χ1) is 6.81. The molecular weight excluding hydrogens is 180 g/mol. The Bertz CT molecular complexity index is 185. The molecule has 0 aliphatic heterocycles. The van der Waals surface area contributed by atoms with Gasteiger partial charge in [-0.15, -0.1) is 0 Å². The van der Waals surface area contributed by atoms with Crippen LogP contribution in [-0.2, 0) is 14.3 Å². The summed E-state index contributed by atoms with van der Waals surface area (Å²) in [6.45, 7) is 6.38. The molecule has 0 radical (unpaired) electrons. The number of unbranched alkanes of at least 4 members (excludes halogenated alkanes) is 2. The first kappa shape index (κ1) is 12.8. The van der Waals surface area contributed by atoms with Crippen molar-refractivity contribution in [2.24, 2.45) is 0 Å². The second-order valence-corrected chi connectivity index (χ2v) is 2.78. The van der Waals surface area contributed by atoms with Gasteiger partial charge in [-0.3, -0.25) is 0 Å². The normalized spacial score (nSPS) is 10.1. The average Bonchev–Trinajstić information content (AvgIpc) is 2.21. The molecular formula is C11H18O3. The summed E-state index contributed by atoms with van der Waals surface area (Å²) in [4.78, 5) is 10.6. The summed E-state index contributed by atoms with van der Waals surface area (Å²) in [5, 5.41) is 0. The number of ether oxygens (including phenoxy) is 2. The van der Waals surface area contributed by atoms with Gasteiger partial charge in [0.25, 0.3) is 0 Å². The molecule has 0 aromatic carbocycles. The third kappa shape index (κ3) is 8.84. The largest absolute Gasteiger partial charge is 0.501 e. The van der Waals surface area contributed by atoms with Crippen molar-refractivity contribution >= 4 is 5.97 Å². The third-order valence-corrected chi connectivity index (χ3v) is 1.55. The standard InChI is InChI=1S/C11H18O3/c1-3-5-6-8-13-9-7-10-14-11(12)4-2/h4,7,9H,2-3,5-6,8,10H2,1H3. The summed E-state index contributed by atoms with van der Waals surface area (Å²) in [5.74, 6) is -0.416. The van der Waals surface area contributed by atoms with Crippen LogP contribution in [0.1, 0.15) is 26.2 Å². The number of hydrogen-bond acceptors (Lipinski definition) is 3. The van der Waals surface area contributed by atoms with Crippen molar-refractivity contribution in [1.82, 2.24) is 0 Å². The van der Waals surface area contributed by atoms with Gasteiger partial charge < -0.3 is 9.47 Å². The maximum atomic E-state index is 10.6. The molecule has 80 valence electrons. The van der Waals surface area contributed by atoms with Crippen molar-refractivity contribution in [2.45, 2.75) is 26.2 Å². The van der Waals surface area contributed by atoms with Crippen molar-refractivity contribution in [3.8, 4) is 0 Å². The van der Waals surface area contributed by atoms with Gasteiger partial charge in [-0.1, -0.05) is 26.3 Å². The Morgan fingerprint density at radius 2 is 2.21 bits per heavy atom. The van der Waals surface area contributed by atoms with Crippen molar-refractivity contribution in [1.29, 1.82) is 0 Å². The number of rotatable bonds is 8. The van der Waals surface area contributed by atoms with E-state index in [1.165, 1.54) is 12.8 Å². The van der Waals surface area contributed by atoms with Crippen LogP contribution < -0.4 is 0 Å². The Hall–Kier alpha value is -1.25. The molecule has 0 aromatic heterocycles. The molecule has 0 fully saturated rings. The molecule has 0 saturated carbocycles. The van der Waals surface area contributed by atoms with Gasteiger partial charge in [0.2, 0.25) is 0 Å². The van der Waals surface area contributed by atoms with Crippen molar-refractivity contribution in [3.63, 3.8) is 0 Å². The van der Waals surface area contributed by atoms with Crippen LogP contribution in [0.15, 0.2) is 25.0 Å². The summed E-state index contributed by atoms with van der Waals surface area (Å²) in [6.07, 6.45) is 7.78. The Morgan fingerprint density at radius 3 is 2.86 bits per heavy atom. The van der Waals surface area contributed by atoms with Crippen molar-refractivity contribution in [2.75, 3.05) is 13.2 Å². The molecule has 0 N–H and O–H groups in total. The number of esters is 1. The summed E-state index contributed by atoms with van der Waals surface area (Å²) in [7, 11) is 0. The fourth-order valence-electron chi connectivity index (χ4n) is 0.800. The molecule has 0 atom stereocenters. The number of hydrogen-bond donors (Lipinski definition) is 0.